The van der Waals surface area contributed by atoms with E-state index in [0.29, 0.717) is 17.7 Å². The molecule has 0 spiro atoms. The summed E-state index contributed by atoms with van der Waals surface area (Å²) in [5.74, 6) is 0.0749. The summed E-state index contributed by atoms with van der Waals surface area (Å²) in [6, 6.07) is 7.71. The van der Waals surface area contributed by atoms with Gasteiger partial charge < -0.3 is 10.1 Å². The molecule has 2 aromatic rings. The van der Waals surface area contributed by atoms with Crippen molar-refractivity contribution in [1.29, 1.82) is 0 Å². The van der Waals surface area contributed by atoms with Crippen LogP contribution in [0.3, 0.4) is 0 Å². The van der Waals surface area contributed by atoms with Crippen molar-refractivity contribution in [2.75, 3.05) is 13.7 Å². The van der Waals surface area contributed by atoms with Crippen molar-refractivity contribution in [2.24, 2.45) is 0 Å². The summed E-state index contributed by atoms with van der Waals surface area (Å²) >= 11 is 1.70. The van der Waals surface area contributed by atoms with Gasteiger partial charge in [0.1, 0.15) is 0 Å². The molecule has 0 saturated carbocycles. The quantitative estimate of drug-likeness (QED) is 0.794. The Morgan fingerprint density at radius 2 is 2.14 bits per heavy atom. The Morgan fingerprint density at radius 3 is 2.81 bits per heavy atom. The van der Waals surface area contributed by atoms with Crippen LogP contribution in [0.25, 0.3) is 0 Å². The first-order valence-corrected chi connectivity index (χ1v) is 8.24. The highest BCUT2D eigenvalue weighted by atomic mass is 32.1. The second-order valence-electron chi connectivity index (χ2n) is 5.12. The molecule has 0 aliphatic carbocycles. The van der Waals surface area contributed by atoms with E-state index in [1.807, 2.05) is 12.1 Å². The topological polar surface area (TPSA) is 21.3 Å². The van der Waals surface area contributed by atoms with Crippen molar-refractivity contribution in [3.8, 4) is 5.75 Å². The minimum absolute atomic E-state index is 0.237. The predicted octanol–water partition coefficient (Wildman–Crippen LogP) is 4.05. The van der Waals surface area contributed by atoms with Crippen LogP contribution in [0.1, 0.15) is 24.5 Å². The average Bonchev–Trinajstić information content (AvgIpc) is 3.00. The molecule has 0 amide bonds. The number of nitrogens with one attached hydrogen (secondary N) is 1. The van der Waals surface area contributed by atoms with E-state index in [-0.39, 0.29) is 11.9 Å². The second kappa shape index (κ2) is 8.15. The van der Waals surface area contributed by atoms with Gasteiger partial charge in [0.2, 0.25) is 0 Å². The van der Waals surface area contributed by atoms with Gasteiger partial charge in [-0.3, -0.25) is 0 Å². The fraction of sp³-hybridized carbons (Fsp3) is 0.412. The van der Waals surface area contributed by atoms with Crippen molar-refractivity contribution >= 4 is 11.3 Å². The van der Waals surface area contributed by atoms with Crippen LogP contribution in [-0.4, -0.2) is 19.7 Å². The molecule has 1 atom stereocenters. The molecule has 0 radical (unpaired) electrons. The lowest BCUT2D eigenvalue weighted by molar-refractivity contribution is 0.382. The molecule has 0 aliphatic rings. The van der Waals surface area contributed by atoms with E-state index >= 15 is 0 Å². The van der Waals surface area contributed by atoms with Gasteiger partial charge in [-0.15, -0.1) is 0 Å². The van der Waals surface area contributed by atoms with Gasteiger partial charge in [0.05, 0.1) is 7.11 Å². The lowest BCUT2D eigenvalue weighted by atomic mass is 9.99. The minimum Gasteiger partial charge on any atom is -0.494 e. The van der Waals surface area contributed by atoms with Gasteiger partial charge in [0.25, 0.3) is 0 Å². The molecule has 21 heavy (non-hydrogen) atoms. The smallest absolute Gasteiger partial charge is 0.168 e. The maximum Gasteiger partial charge on any atom is 0.168 e. The monoisotopic (exact) mass is 307 g/mol. The molecule has 114 valence electrons. The summed E-state index contributed by atoms with van der Waals surface area (Å²) in [4.78, 5) is 0. The van der Waals surface area contributed by atoms with E-state index in [1.165, 1.54) is 12.7 Å². The van der Waals surface area contributed by atoms with Crippen LogP contribution >= 0.6 is 11.3 Å². The lowest BCUT2D eigenvalue weighted by Crippen LogP contribution is -2.34. The van der Waals surface area contributed by atoms with Crippen LogP contribution in [0.4, 0.5) is 4.39 Å². The number of hydrogen-bond acceptors (Lipinski definition) is 3. The van der Waals surface area contributed by atoms with Crippen molar-refractivity contribution in [3.05, 3.63) is 52.0 Å². The fourth-order valence-electron chi connectivity index (χ4n) is 2.40. The van der Waals surface area contributed by atoms with Crippen LogP contribution in [0.5, 0.6) is 5.75 Å². The molecule has 2 rings (SSSR count). The van der Waals surface area contributed by atoms with Gasteiger partial charge in [-0.25, -0.2) is 4.39 Å². The Bertz CT molecular complexity index is 542. The van der Waals surface area contributed by atoms with Gasteiger partial charge >= 0.3 is 0 Å². The normalized spacial score (nSPS) is 12.3. The average molecular weight is 307 g/mol. The summed E-state index contributed by atoms with van der Waals surface area (Å²) in [6.45, 7) is 3.08. The third-order valence-corrected chi connectivity index (χ3v) is 4.21. The Kier molecular flexibility index (Phi) is 6.21. The molecule has 2 nitrogen and oxygen atoms in total. The number of ether oxygens (including phenoxy) is 1. The number of rotatable bonds is 8. The highest BCUT2D eigenvalue weighted by Crippen LogP contribution is 2.22. The molecule has 0 bridgehead atoms. The maximum atomic E-state index is 14.3. The lowest BCUT2D eigenvalue weighted by Gasteiger charge is -2.19. The Morgan fingerprint density at radius 1 is 1.29 bits per heavy atom. The van der Waals surface area contributed by atoms with Crippen molar-refractivity contribution in [3.63, 3.8) is 0 Å². The zero-order valence-corrected chi connectivity index (χ0v) is 13.4. The summed E-state index contributed by atoms with van der Waals surface area (Å²) in [6.07, 6.45) is 2.65. The van der Waals surface area contributed by atoms with Gasteiger partial charge in [-0.05, 0) is 59.8 Å². The number of benzene rings is 1. The standard InChI is InChI=1S/C17H22FNOS/c1-3-8-19-15(10-13-7-9-21-12-13)11-14-5-4-6-16(20-2)17(14)18/h4-7,9,12,15,19H,3,8,10-11H2,1-2H3. The molecule has 4 heteroatoms. The number of hydrogen-bond donors (Lipinski definition) is 1. The van der Waals surface area contributed by atoms with Gasteiger partial charge in [-0.1, -0.05) is 19.1 Å². The SMILES string of the molecule is CCCNC(Cc1ccsc1)Cc1cccc(OC)c1F. The summed E-state index contributed by atoms with van der Waals surface area (Å²) < 4.78 is 19.3. The molecule has 1 aromatic heterocycles. The first kappa shape index (κ1) is 16.0. The Hall–Kier alpha value is -1.39. The number of thiophene rings is 1. The zero-order valence-electron chi connectivity index (χ0n) is 12.6. The third-order valence-electron chi connectivity index (χ3n) is 3.47. The second-order valence-corrected chi connectivity index (χ2v) is 5.90. The third kappa shape index (κ3) is 4.55. The predicted molar refractivity (Wildman–Crippen MR) is 86.8 cm³/mol. The summed E-state index contributed by atoms with van der Waals surface area (Å²) in [5, 5.41) is 7.76. The van der Waals surface area contributed by atoms with E-state index in [1.54, 1.807) is 17.4 Å². The largest absolute Gasteiger partial charge is 0.494 e. The van der Waals surface area contributed by atoms with Gasteiger partial charge in [-0.2, -0.15) is 11.3 Å². The zero-order chi connectivity index (χ0) is 15.1. The Labute approximate surface area is 130 Å². The van der Waals surface area contributed by atoms with E-state index in [0.717, 1.165) is 19.4 Å². The molecule has 1 aromatic carbocycles. The van der Waals surface area contributed by atoms with E-state index in [9.17, 15) is 4.39 Å². The van der Waals surface area contributed by atoms with E-state index in [4.69, 9.17) is 4.74 Å². The van der Waals surface area contributed by atoms with Crippen LogP contribution in [-0.2, 0) is 12.8 Å². The van der Waals surface area contributed by atoms with E-state index in [2.05, 4.69) is 29.1 Å². The highest BCUT2D eigenvalue weighted by molar-refractivity contribution is 7.07. The molecule has 1 unspecified atom stereocenters. The number of halogens is 1. The minimum atomic E-state index is -0.242. The van der Waals surface area contributed by atoms with E-state index < -0.39 is 0 Å². The number of methoxy groups -OCH3 is 1. The van der Waals surface area contributed by atoms with Crippen molar-refractivity contribution in [1.82, 2.24) is 5.32 Å². The summed E-state index contributed by atoms with van der Waals surface area (Å²) in [5.41, 5.74) is 2.01. The highest BCUT2D eigenvalue weighted by Gasteiger charge is 2.15. The maximum absolute atomic E-state index is 14.3. The summed E-state index contributed by atoms with van der Waals surface area (Å²) in [7, 11) is 1.50. The molecule has 0 saturated heterocycles. The molecule has 1 N–H and O–H groups in total. The molecule has 0 fully saturated rings. The van der Waals surface area contributed by atoms with Crippen LogP contribution in [0.15, 0.2) is 35.0 Å². The van der Waals surface area contributed by atoms with Gasteiger partial charge in [0, 0.05) is 6.04 Å². The Balaban J connectivity index is 2.10. The van der Waals surface area contributed by atoms with Crippen LogP contribution in [0, 0.1) is 5.82 Å². The molecule has 0 aliphatic heterocycles. The molecular weight excluding hydrogens is 285 g/mol. The first-order chi connectivity index (χ1) is 10.2. The van der Waals surface area contributed by atoms with Crippen molar-refractivity contribution < 1.29 is 9.13 Å². The molecule has 1 heterocycles. The van der Waals surface area contributed by atoms with Crippen molar-refractivity contribution in [2.45, 2.75) is 32.2 Å². The van der Waals surface area contributed by atoms with Crippen LogP contribution in [0.2, 0.25) is 0 Å². The van der Waals surface area contributed by atoms with Gasteiger partial charge in [0.15, 0.2) is 11.6 Å². The van der Waals surface area contributed by atoms with Crippen LogP contribution < -0.4 is 10.1 Å². The fourth-order valence-corrected chi connectivity index (χ4v) is 3.08. The molecular formula is C17H22FNOS. The first-order valence-electron chi connectivity index (χ1n) is 7.30.